The van der Waals surface area contributed by atoms with Gasteiger partial charge in [-0.25, -0.2) is 0 Å². The first-order valence-corrected chi connectivity index (χ1v) is 3.32. The van der Waals surface area contributed by atoms with E-state index >= 15 is 0 Å². The average Bonchev–Trinajstić information content (AvgIpc) is 1.65. The summed E-state index contributed by atoms with van der Waals surface area (Å²) in [6.07, 6.45) is 0. The summed E-state index contributed by atoms with van der Waals surface area (Å²) in [6, 6.07) is 3.49. The molecule has 0 fully saturated rings. The van der Waals surface area contributed by atoms with Crippen molar-refractivity contribution in [3.8, 4) is 12.1 Å². The standard InChI is InChI=1S/C3N2.In.H/c4-2-1-3-5;;. The van der Waals surface area contributed by atoms with E-state index in [4.69, 9.17) is 10.5 Å². The van der Waals surface area contributed by atoms with Crippen molar-refractivity contribution < 1.29 is 0 Å². The van der Waals surface area contributed by atoms with E-state index in [1.807, 2.05) is 0 Å². The first-order chi connectivity index (χ1) is 2.81. The second kappa shape index (κ2) is 2.93. The van der Waals surface area contributed by atoms with Crippen molar-refractivity contribution >= 4 is 27.1 Å². The van der Waals surface area contributed by atoms with Crippen molar-refractivity contribution in [3.63, 3.8) is 0 Å². The van der Waals surface area contributed by atoms with Crippen molar-refractivity contribution in [1.29, 1.82) is 10.5 Å². The summed E-state index contributed by atoms with van der Waals surface area (Å²) in [6.45, 7) is 0. The molecule has 6 heavy (non-hydrogen) atoms. The number of nitrogens with zero attached hydrogens (tertiary/aromatic N) is 2. The van der Waals surface area contributed by atoms with Gasteiger partial charge in [-0.05, 0) is 0 Å². The summed E-state index contributed by atoms with van der Waals surface area (Å²) >= 11 is 0.386. The SMILES string of the molecule is N#C[C](=[InH])C#N. The van der Waals surface area contributed by atoms with Gasteiger partial charge >= 0.3 is 49.8 Å². The molecule has 0 bridgehead atoms. The zero-order valence-corrected chi connectivity index (χ0v) is 7.14. The van der Waals surface area contributed by atoms with Gasteiger partial charge in [0, 0.05) is 0 Å². The fourth-order valence-corrected chi connectivity index (χ4v) is 0.0250. The van der Waals surface area contributed by atoms with E-state index in [2.05, 4.69) is 0 Å². The van der Waals surface area contributed by atoms with Gasteiger partial charge in [-0.15, -0.1) is 0 Å². The van der Waals surface area contributed by atoms with Crippen LogP contribution in [0.15, 0.2) is 0 Å². The van der Waals surface area contributed by atoms with Crippen molar-refractivity contribution in [3.05, 3.63) is 0 Å². The Bertz CT molecular complexity index is 120. The minimum atomic E-state index is 0.374. The van der Waals surface area contributed by atoms with Crippen LogP contribution in [0.3, 0.4) is 0 Å². The Morgan fingerprint density at radius 2 is 1.67 bits per heavy atom. The summed E-state index contributed by atoms with van der Waals surface area (Å²) in [5.41, 5.74) is 0. The summed E-state index contributed by atoms with van der Waals surface area (Å²) in [5.74, 6) is 0. The van der Waals surface area contributed by atoms with E-state index in [1.54, 1.807) is 12.1 Å². The number of nitriles is 2. The molecule has 0 aliphatic rings. The molecule has 0 heterocycles. The van der Waals surface area contributed by atoms with Crippen molar-refractivity contribution in [2.75, 3.05) is 0 Å². The zero-order chi connectivity index (χ0) is 4.99. The number of hydrogen-bond acceptors (Lipinski definition) is 2. The maximum atomic E-state index is 7.87. The summed E-state index contributed by atoms with van der Waals surface area (Å²) in [5, 5.41) is 15.7. The topological polar surface area (TPSA) is 47.6 Å². The van der Waals surface area contributed by atoms with Crippen LogP contribution in [0.2, 0.25) is 0 Å². The summed E-state index contributed by atoms with van der Waals surface area (Å²) in [7, 11) is 0. The van der Waals surface area contributed by atoms with E-state index < -0.39 is 0 Å². The third kappa shape index (κ3) is 1.99. The van der Waals surface area contributed by atoms with Crippen LogP contribution in [0.5, 0.6) is 0 Å². The Morgan fingerprint density at radius 3 is 1.67 bits per heavy atom. The monoisotopic (exact) mass is 180 g/mol. The van der Waals surface area contributed by atoms with Crippen LogP contribution in [-0.4, -0.2) is 27.1 Å². The quantitative estimate of drug-likeness (QED) is 0.485. The van der Waals surface area contributed by atoms with Gasteiger partial charge in [0.2, 0.25) is 0 Å². The molecule has 0 rings (SSSR count). The maximum absolute atomic E-state index is 7.87. The van der Waals surface area contributed by atoms with Gasteiger partial charge in [-0.3, -0.25) is 0 Å². The molecular formula is C3HInN2. The normalized spacial score (nSPS) is 4.83. The molecule has 0 aromatic heterocycles. The van der Waals surface area contributed by atoms with E-state index in [-0.39, 0.29) is 0 Å². The van der Waals surface area contributed by atoms with Gasteiger partial charge in [-0.1, -0.05) is 0 Å². The second-order valence-electron chi connectivity index (χ2n) is 0.702. The first-order valence-electron chi connectivity index (χ1n) is 1.30. The third-order valence-electron chi connectivity index (χ3n) is 0.270. The second-order valence-corrected chi connectivity index (χ2v) is 2.72. The van der Waals surface area contributed by atoms with Gasteiger partial charge in [0.1, 0.15) is 0 Å². The first kappa shape index (κ1) is 5.72. The molecule has 0 aliphatic carbocycles. The van der Waals surface area contributed by atoms with Crippen LogP contribution in [-0.2, 0) is 0 Å². The molecule has 0 N–H and O–H groups in total. The molecule has 2 nitrogen and oxygen atoms in total. The van der Waals surface area contributed by atoms with Crippen LogP contribution in [0.4, 0.5) is 0 Å². The van der Waals surface area contributed by atoms with Crippen LogP contribution in [0, 0.1) is 22.7 Å². The van der Waals surface area contributed by atoms with E-state index in [0.717, 1.165) is 0 Å². The Hall–Kier alpha value is -0.280. The van der Waals surface area contributed by atoms with Crippen molar-refractivity contribution in [2.45, 2.75) is 0 Å². The number of hydrogen-bond donors (Lipinski definition) is 0. The zero-order valence-electron chi connectivity index (χ0n) is 3.10. The molecule has 0 amide bonds. The van der Waals surface area contributed by atoms with Crippen LogP contribution < -0.4 is 0 Å². The van der Waals surface area contributed by atoms with Crippen molar-refractivity contribution in [1.82, 2.24) is 0 Å². The molecule has 0 unspecified atom stereocenters. The molecule has 0 spiro atoms. The Balaban J connectivity index is 3.75. The Labute approximate surface area is 50.0 Å². The van der Waals surface area contributed by atoms with Crippen LogP contribution >= 0.6 is 0 Å². The van der Waals surface area contributed by atoms with Crippen LogP contribution in [0.1, 0.15) is 0 Å². The fraction of sp³-hybridized carbons (Fsp3) is 0. The molecule has 0 aromatic rings. The summed E-state index contributed by atoms with van der Waals surface area (Å²) in [4.78, 5) is 0. The summed E-state index contributed by atoms with van der Waals surface area (Å²) < 4.78 is 0.374. The molecule has 3 heteroatoms. The van der Waals surface area contributed by atoms with Gasteiger partial charge in [0.25, 0.3) is 0 Å². The van der Waals surface area contributed by atoms with E-state index in [1.165, 1.54) is 0 Å². The van der Waals surface area contributed by atoms with Gasteiger partial charge in [0.05, 0.1) is 0 Å². The molecule has 0 radical (unpaired) electrons. The molecule has 0 atom stereocenters. The molecular weight excluding hydrogens is 179 g/mol. The van der Waals surface area contributed by atoms with E-state index in [0.29, 0.717) is 27.1 Å². The molecule has 0 saturated carbocycles. The molecule has 26 valence electrons. The molecule has 0 aromatic carbocycles. The Morgan fingerprint density at radius 1 is 1.33 bits per heavy atom. The molecule has 0 aliphatic heterocycles. The van der Waals surface area contributed by atoms with E-state index in [9.17, 15) is 0 Å². The molecule has 0 saturated heterocycles. The van der Waals surface area contributed by atoms with Crippen molar-refractivity contribution in [2.24, 2.45) is 0 Å². The minimum absolute atomic E-state index is 0.374. The Kier molecular flexibility index (Phi) is 2.80. The predicted molar refractivity (Wildman–Crippen MR) is 23.4 cm³/mol. The van der Waals surface area contributed by atoms with Gasteiger partial charge < -0.3 is 0 Å². The van der Waals surface area contributed by atoms with Gasteiger partial charge in [0.15, 0.2) is 0 Å². The third-order valence-corrected chi connectivity index (χ3v) is 1.17. The number of rotatable bonds is 0. The fourth-order valence-electron chi connectivity index (χ4n) is 0.0250. The van der Waals surface area contributed by atoms with Gasteiger partial charge in [-0.2, -0.15) is 0 Å². The average molecular weight is 180 g/mol. The predicted octanol–water partition coefficient (Wildman–Crippen LogP) is -0.893. The van der Waals surface area contributed by atoms with Crippen LogP contribution in [0.25, 0.3) is 0 Å².